The Bertz CT molecular complexity index is 1330. The number of halogens is 3. The molecule has 1 unspecified atom stereocenters. The highest BCUT2D eigenvalue weighted by molar-refractivity contribution is 5.90. The number of rotatable bonds is 5. The first kappa shape index (κ1) is 22.5. The number of hydrogen-bond donors (Lipinski definition) is 1. The van der Waals surface area contributed by atoms with Crippen molar-refractivity contribution in [3.05, 3.63) is 90.3 Å². The fourth-order valence-electron chi connectivity index (χ4n) is 3.59. The van der Waals surface area contributed by atoms with Crippen LogP contribution >= 0.6 is 0 Å². The average Bonchev–Trinajstić information content (AvgIpc) is 3.55. The molecule has 0 bridgehead atoms. The number of hydrogen-bond acceptors (Lipinski definition) is 6. The van der Waals surface area contributed by atoms with Crippen molar-refractivity contribution in [1.29, 1.82) is 0 Å². The lowest BCUT2D eigenvalue weighted by molar-refractivity contribution is -0.137. The van der Waals surface area contributed by atoms with Crippen molar-refractivity contribution >= 4 is 11.7 Å². The van der Waals surface area contributed by atoms with E-state index in [1.807, 2.05) is 48.5 Å². The van der Waals surface area contributed by atoms with E-state index >= 15 is 0 Å². The van der Waals surface area contributed by atoms with Crippen LogP contribution in [0.5, 0.6) is 5.75 Å². The van der Waals surface area contributed by atoms with Crippen molar-refractivity contribution in [1.82, 2.24) is 14.8 Å². The van der Waals surface area contributed by atoms with Gasteiger partial charge in [0.2, 0.25) is 0 Å². The van der Waals surface area contributed by atoms with Gasteiger partial charge in [0.05, 0.1) is 18.4 Å². The van der Waals surface area contributed by atoms with Crippen molar-refractivity contribution in [3.8, 4) is 22.8 Å². The highest BCUT2D eigenvalue weighted by Crippen LogP contribution is 2.30. The number of benzene rings is 3. The minimum absolute atomic E-state index is 0.0963. The Kier molecular flexibility index (Phi) is 5.86. The molecule has 0 aliphatic carbocycles. The molecule has 1 N–H and O–H groups in total. The van der Waals surface area contributed by atoms with Crippen molar-refractivity contribution < 1.29 is 22.6 Å². The number of aromatic nitrogens is 3. The lowest BCUT2D eigenvalue weighted by atomic mass is 10.1. The smallest absolute Gasteiger partial charge is 0.416 e. The molecule has 35 heavy (non-hydrogen) atoms. The summed E-state index contributed by atoms with van der Waals surface area (Å²) in [4.78, 5) is 8.87. The van der Waals surface area contributed by atoms with Crippen LogP contribution in [0.4, 0.5) is 18.9 Å². The molecule has 10 heteroatoms. The predicted octanol–water partition coefficient (Wildman–Crippen LogP) is 5.50. The van der Waals surface area contributed by atoms with Crippen LogP contribution in [0.15, 0.2) is 84.1 Å². The number of ether oxygens (including phenoxy) is 2. The van der Waals surface area contributed by atoms with Crippen molar-refractivity contribution in [3.63, 3.8) is 0 Å². The minimum Gasteiger partial charge on any atom is -0.497 e. The molecule has 0 saturated carbocycles. The molecule has 0 amide bonds. The van der Waals surface area contributed by atoms with Crippen LogP contribution in [0, 0.1) is 0 Å². The summed E-state index contributed by atoms with van der Waals surface area (Å²) in [5.74, 6) is 1.24. The molecule has 0 saturated heterocycles. The Morgan fingerprint density at radius 3 is 2.34 bits per heavy atom. The Morgan fingerprint density at radius 1 is 0.971 bits per heavy atom. The highest BCUT2D eigenvalue weighted by atomic mass is 19.4. The maximum Gasteiger partial charge on any atom is 0.416 e. The Hall–Kier alpha value is -4.34. The van der Waals surface area contributed by atoms with E-state index in [0.717, 1.165) is 34.7 Å². The number of alkyl halides is 3. The second-order valence-corrected chi connectivity index (χ2v) is 7.79. The molecule has 0 fully saturated rings. The molecule has 7 nitrogen and oxygen atoms in total. The lowest BCUT2D eigenvalue weighted by Gasteiger charge is -2.07. The molecule has 1 aliphatic heterocycles. The first-order valence-electron chi connectivity index (χ1n) is 10.7. The third-order valence-electron chi connectivity index (χ3n) is 5.50. The van der Waals surface area contributed by atoms with E-state index in [1.54, 1.807) is 7.11 Å². The van der Waals surface area contributed by atoms with Crippen molar-refractivity contribution in [2.75, 3.05) is 19.0 Å². The summed E-state index contributed by atoms with van der Waals surface area (Å²) in [6.07, 6.45) is -2.92. The molecule has 3 aromatic carbocycles. The minimum atomic E-state index is -4.38. The van der Waals surface area contributed by atoms with Gasteiger partial charge in [0.1, 0.15) is 24.7 Å². The Balaban J connectivity index is 1.24. The van der Waals surface area contributed by atoms with Gasteiger partial charge in [-0.1, -0.05) is 12.1 Å². The largest absolute Gasteiger partial charge is 0.497 e. The van der Waals surface area contributed by atoms with Crippen LogP contribution in [-0.4, -0.2) is 34.5 Å². The van der Waals surface area contributed by atoms with Crippen LogP contribution in [0.25, 0.3) is 17.1 Å². The molecule has 1 aromatic heterocycles. The van der Waals surface area contributed by atoms with Gasteiger partial charge in [-0.3, -0.25) is 0 Å². The van der Waals surface area contributed by atoms with Crippen LogP contribution in [0.1, 0.15) is 17.2 Å². The standard InChI is InChI=1S/C25H20F3N5O2/c1-34-21-12-4-16(5-13-21)22-14-35-24(31-22)30-19-8-2-17(3-9-19)23-29-15-33(32-23)20-10-6-18(7-11-20)25(26,27)28/h2-13,15,22H,14H2,1H3,(H,30,31). The Morgan fingerprint density at radius 2 is 1.69 bits per heavy atom. The molecule has 2 heterocycles. The summed E-state index contributed by atoms with van der Waals surface area (Å²) in [6.45, 7) is 0.443. The molecule has 4 aromatic rings. The SMILES string of the molecule is COc1ccc(C2COC(Nc3ccc(-c4ncn(-c5ccc(C(F)(F)F)cc5)n4)cc3)=N2)cc1. The summed E-state index contributed by atoms with van der Waals surface area (Å²) in [5, 5.41) is 7.53. The summed E-state index contributed by atoms with van der Waals surface area (Å²) in [5.41, 5.74) is 2.35. The van der Waals surface area contributed by atoms with E-state index in [0.29, 0.717) is 24.1 Å². The summed E-state index contributed by atoms with van der Waals surface area (Å²) in [6, 6.07) is 20.2. The molecule has 5 rings (SSSR count). The number of anilines is 1. The lowest BCUT2D eigenvalue weighted by Crippen LogP contribution is -2.11. The molecule has 0 spiro atoms. The molecular formula is C25H20F3N5O2. The molecule has 0 radical (unpaired) electrons. The molecule has 178 valence electrons. The molecule has 1 aliphatic rings. The zero-order valence-corrected chi connectivity index (χ0v) is 18.5. The number of amidine groups is 1. The Labute approximate surface area is 198 Å². The predicted molar refractivity (Wildman–Crippen MR) is 125 cm³/mol. The van der Waals surface area contributed by atoms with E-state index in [1.165, 1.54) is 23.1 Å². The van der Waals surface area contributed by atoms with Gasteiger partial charge in [-0.2, -0.15) is 13.2 Å². The van der Waals surface area contributed by atoms with Crippen molar-refractivity contribution in [2.24, 2.45) is 4.99 Å². The number of nitrogens with zero attached hydrogens (tertiary/aromatic N) is 4. The van der Waals surface area contributed by atoms with Gasteiger partial charge in [-0.15, -0.1) is 5.10 Å². The fraction of sp³-hybridized carbons (Fsp3) is 0.160. The van der Waals surface area contributed by atoms with E-state index < -0.39 is 11.7 Å². The summed E-state index contributed by atoms with van der Waals surface area (Å²) in [7, 11) is 1.63. The van der Waals surface area contributed by atoms with Gasteiger partial charge >= 0.3 is 6.18 Å². The van der Waals surface area contributed by atoms with Crippen molar-refractivity contribution in [2.45, 2.75) is 12.2 Å². The van der Waals surface area contributed by atoms with Crippen LogP contribution < -0.4 is 10.1 Å². The van der Waals surface area contributed by atoms with Gasteiger partial charge < -0.3 is 14.8 Å². The monoisotopic (exact) mass is 479 g/mol. The number of aliphatic imine (C=N–C) groups is 1. The fourth-order valence-corrected chi connectivity index (χ4v) is 3.59. The van der Waals surface area contributed by atoms with Crippen LogP contribution in [0.2, 0.25) is 0 Å². The third kappa shape index (κ3) is 4.96. The van der Waals surface area contributed by atoms with E-state index in [9.17, 15) is 13.2 Å². The first-order valence-corrected chi connectivity index (χ1v) is 10.7. The third-order valence-corrected chi connectivity index (χ3v) is 5.50. The first-order chi connectivity index (χ1) is 16.9. The van der Waals surface area contributed by atoms with Gasteiger partial charge in [0.15, 0.2) is 5.82 Å². The zero-order valence-electron chi connectivity index (χ0n) is 18.5. The number of methoxy groups -OCH3 is 1. The topological polar surface area (TPSA) is 73.6 Å². The van der Waals surface area contributed by atoms with Gasteiger partial charge in [-0.25, -0.2) is 14.7 Å². The highest BCUT2D eigenvalue weighted by Gasteiger charge is 2.30. The van der Waals surface area contributed by atoms with Gasteiger partial charge in [0.25, 0.3) is 6.02 Å². The van der Waals surface area contributed by atoms with E-state index in [4.69, 9.17) is 9.47 Å². The zero-order chi connectivity index (χ0) is 24.4. The number of nitrogens with one attached hydrogen (secondary N) is 1. The molecular weight excluding hydrogens is 459 g/mol. The van der Waals surface area contributed by atoms with Gasteiger partial charge in [0, 0.05) is 11.3 Å². The summed E-state index contributed by atoms with van der Waals surface area (Å²) < 4.78 is 50.6. The molecule has 1 atom stereocenters. The average molecular weight is 479 g/mol. The quantitative estimate of drug-likeness (QED) is 0.409. The van der Waals surface area contributed by atoms with Crippen LogP contribution in [-0.2, 0) is 10.9 Å². The maximum absolute atomic E-state index is 12.8. The van der Waals surface area contributed by atoms with Gasteiger partial charge in [-0.05, 0) is 66.2 Å². The summed E-state index contributed by atoms with van der Waals surface area (Å²) >= 11 is 0. The second-order valence-electron chi connectivity index (χ2n) is 7.79. The van der Waals surface area contributed by atoms with Crippen LogP contribution in [0.3, 0.4) is 0 Å². The maximum atomic E-state index is 12.8. The van der Waals surface area contributed by atoms with E-state index in [2.05, 4.69) is 20.4 Å². The normalized spacial score (nSPS) is 15.4. The second kappa shape index (κ2) is 9.13. The van der Waals surface area contributed by atoms with E-state index in [-0.39, 0.29) is 6.04 Å².